The molecule has 232 valence electrons. The Kier molecular flexibility index (Phi) is 11.0. The maximum absolute atomic E-state index is 13.1. The van der Waals surface area contributed by atoms with Crippen LogP contribution in [0.15, 0.2) is 85.7 Å². The predicted molar refractivity (Wildman–Crippen MR) is 178 cm³/mol. The Morgan fingerprint density at radius 1 is 0.867 bits per heavy atom. The fourth-order valence-electron chi connectivity index (χ4n) is 4.30. The molecular weight excluding hydrogens is 570 g/mol. The lowest BCUT2D eigenvalue weighted by Gasteiger charge is -2.15. The minimum absolute atomic E-state index is 0.261. The SMILES string of the molecule is C=CC(=O)Nc1cc(Nc2ncc(NC(=O)c3cc(NC(=O)c4cccc(C)c4)ccc3C)cn2)ccc1OCCCN(C)C. The monoisotopic (exact) mass is 607 g/mol. The molecule has 0 fully saturated rings. The molecule has 0 saturated carbocycles. The van der Waals surface area contributed by atoms with Crippen molar-refractivity contribution in [3.63, 3.8) is 0 Å². The zero-order valence-corrected chi connectivity index (χ0v) is 25.8. The van der Waals surface area contributed by atoms with Gasteiger partial charge in [-0.2, -0.15) is 0 Å². The standard InChI is InChI=1S/C34H37N7O4/c1-6-31(42)40-29-19-26(13-14-30(29)45-16-8-15-41(4)5)39-34-35-20-27(21-36-34)38-33(44)28-18-25(12-11-23(28)3)37-32(43)24-10-7-9-22(2)17-24/h6-7,9-14,17-21H,1,8,15-16H2,2-5H3,(H,37,43)(H,38,44)(H,40,42)(H,35,36,39). The van der Waals surface area contributed by atoms with E-state index in [1.807, 2.05) is 40.1 Å². The van der Waals surface area contributed by atoms with Crippen LogP contribution >= 0.6 is 0 Å². The smallest absolute Gasteiger partial charge is 0.256 e. The molecule has 4 rings (SSSR count). The highest BCUT2D eigenvalue weighted by Crippen LogP contribution is 2.29. The van der Waals surface area contributed by atoms with E-state index in [0.29, 0.717) is 46.2 Å². The summed E-state index contributed by atoms with van der Waals surface area (Å²) in [5.74, 6) is -0.181. The summed E-state index contributed by atoms with van der Waals surface area (Å²) in [4.78, 5) is 48.5. The lowest BCUT2D eigenvalue weighted by atomic mass is 10.1. The lowest BCUT2D eigenvalue weighted by molar-refractivity contribution is -0.111. The average Bonchev–Trinajstić information content (AvgIpc) is 3.01. The quantitative estimate of drug-likeness (QED) is 0.111. The molecule has 0 saturated heterocycles. The molecule has 0 aliphatic carbocycles. The van der Waals surface area contributed by atoms with Crippen molar-refractivity contribution in [2.45, 2.75) is 20.3 Å². The van der Waals surface area contributed by atoms with Crippen LogP contribution in [0.1, 0.15) is 38.3 Å². The maximum atomic E-state index is 13.1. The lowest BCUT2D eigenvalue weighted by Crippen LogP contribution is -2.16. The average molecular weight is 608 g/mol. The second kappa shape index (κ2) is 15.3. The molecule has 3 aromatic carbocycles. The number of anilines is 5. The van der Waals surface area contributed by atoms with Crippen molar-refractivity contribution in [3.05, 3.63) is 108 Å². The third kappa shape index (κ3) is 9.47. The summed E-state index contributed by atoms with van der Waals surface area (Å²) < 4.78 is 5.89. The van der Waals surface area contributed by atoms with E-state index in [0.717, 1.165) is 24.1 Å². The van der Waals surface area contributed by atoms with Crippen LogP contribution in [0.2, 0.25) is 0 Å². The number of amides is 3. The van der Waals surface area contributed by atoms with E-state index in [4.69, 9.17) is 4.74 Å². The van der Waals surface area contributed by atoms with Crippen molar-refractivity contribution in [1.29, 1.82) is 0 Å². The van der Waals surface area contributed by atoms with Crippen LogP contribution in [0.3, 0.4) is 0 Å². The van der Waals surface area contributed by atoms with Gasteiger partial charge in [0, 0.05) is 29.0 Å². The third-order valence-corrected chi connectivity index (χ3v) is 6.62. The molecule has 0 unspecified atom stereocenters. The minimum atomic E-state index is -0.368. The summed E-state index contributed by atoms with van der Waals surface area (Å²) in [5, 5.41) is 11.5. The minimum Gasteiger partial charge on any atom is -0.491 e. The molecule has 4 aromatic rings. The summed E-state index contributed by atoms with van der Waals surface area (Å²) in [7, 11) is 3.99. The molecule has 0 spiro atoms. The zero-order valence-electron chi connectivity index (χ0n) is 25.8. The number of ether oxygens (including phenoxy) is 1. The summed E-state index contributed by atoms with van der Waals surface area (Å²) in [5.41, 5.74) is 4.64. The van der Waals surface area contributed by atoms with E-state index in [2.05, 4.69) is 42.7 Å². The number of benzene rings is 3. The van der Waals surface area contributed by atoms with Crippen molar-refractivity contribution < 1.29 is 19.1 Å². The normalized spacial score (nSPS) is 10.6. The summed E-state index contributed by atoms with van der Waals surface area (Å²) >= 11 is 0. The topological polar surface area (TPSA) is 138 Å². The van der Waals surface area contributed by atoms with Gasteiger partial charge >= 0.3 is 0 Å². The van der Waals surface area contributed by atoms with Gasteiger partial charge in [-0.3, -0.25) is 14.4 Å². The number of rotatable bonds is 13. The molecule has 11 nitrogen and oxygen atoms in total. The number of hydrogen-bond acceptors (Lipinski definition) is 8. The fourth-order valence-corrected chi connectivity index (χ4v) is 4.30. The first kappa shape index (κ1) is 32.4. The first-order chi connectivity index (χ1) is 21.6. The first-order valence-corrected chi connectivity index (χ1v) is 14.4. The molecule has 1 heterocycles. The molecule has 0 radical (unpaired) electrons. The Balaban J connectivity index is 1.40. The molecule has 4 N–H and O–H groups in total. The molecule has 0 aliphatic heterocycles. The molecule has 1 aromatic heterocycles. The molecule has 11 heteroatoms. The molecule has 0 atom stereocenters. The van der Waals surface area contributed by atoms with Gasteiger partial charge in [-0.05, 0) is 88.5 Å². The first-order valence-electron chi connectivity index (χ1n) is 14.4. The van der Waals surface area contributed by atoms with Crippen LogP contribution in [-0.4, -0.2) is 59.8 Å². The third-order valence-electron chi connectivity index (χ3n) is 6.62. The van der Waals surface area contributed by atoms with E-state index in [1.165, 1.54) is 18.5 Å². The molecule has 0 aliphatic rings. The van der Waals surface area contributed by atoms with Gasteiger partial charge in [0.25, 0.3) is 11.8 Å². The highest BCUT2D eigenvalue weighted by atomic mass is 16.5. The van der Waals surface area contributed by atoms with Gasteiger partial charge in [-0.1, -0.05) is 30.3 Å². The van der Waals surface area contributed by atoms with Gasteiger partial charge in [-0.15, -0.1) is 0 Å². The van der Waals surface area contributed by atoms with Gasteiger partial charge in [0.05, 0.1) is 30.4 Å². The number of aryl methyl sites for hydroxylation is 2. The number of nitrogens with one attached hydrogen (secondary N) is 4. The number of carbonyl (C=O) groups is 3. The van der Waals surface area contributed by atoms with Crippen LogP contribution in [0, 0.1) is 13.8 Å². The van der Waals surface area contributed by atoms with Crippen LogP contribution < -0.4 is 26.0 Å². The summed E-state index contributed by atoms with van der Waals surface area (Å²) in [6, 6.07) is 17.7. The van der Waals surface area contributed by atoms with Gasteiger partial charge in [-0.25, -0.2) is 9.97 Å². The largest absolute Gasteiger partial charge is 0.491 e. The highest BCUT2D eigenvalue weighted by molar-refractivity contribution is 6.08. The van der Waals surface area contributed by atoms with Gasteiger partial charge in [0.15, 0.2) is 0 Å². The van der Waals surface area contributed by atoms with E-state index in [9.17, 15) is 14.4 Å². The van der Waals surface area contributed by atoms with Gasteiger partial charge < -0.3 is 30.9 Å². The second-order valence-electron chi connectivity index (χ2n) is 10.6. The number of hydrogen-bond donors (Lipinski definition) is 4. The van der Waals surface area contributed by atoms with Gasteiger partial charge in [0.2, 0.25) is 11.9 Å². The van der Waals surface area contributed by atoms with Gasteiger partial charge in [0.1, 0.15) is 5.75 Å². The predicted octanol–water partition coefficient (Wildman–Crippen LogP) is 5.80. The Labute approximate surface area is 262 Å². The number of aromatic nitrogens is 2. The second-order valence-corrected chi connectivity index (χ2v) is 10.6. The Morgan fingerprint density at radius 3 is 2.31 bits per heavy atom. The van der Waals surface area contributed by atoms with Crippen molar-refractivity contribution >= 4 is 46.4 Å². The fraction of sp³-hybridized carbons (Fsp3) is 0.206. The van der Waals surface area contributed by atoms with Crippen LogP contribution in [0.5, 0.6) is 5.75 Å². The molecular formula is C34H37N7O4. The van der Waals surface area contributed by atoms with Crippen molar-refractivity contribution in [3.8, 4) is 5.75 Å². The number of carbonyl (C=O) groups excluding carboxylic acids is 3. The molecule has 0 bridgehead atoms. The van der Waals surface area contributed by atoms with E-state index in [1.54, 1.807) is 48.5 Å². The highest BCUT2D eigenvalue weighted by Gasteiger charge is 2.14. The van der Waals surface area contributed by atoms with Crippen molar-refractivity contribution in [2.24, 2.45) is 0 Å². The van der Waals surface area contributed by atoms with E-state index < -0.39 is 0 Å². The Bertz CT molecular complexity index is 1690. The van der Waals surface area contributed by atoms with Crippen LogP contribution in [0.25, 0.3) is 0 Å². The number of nitrogens with zero attached hydrogens (tertiary/aromatic N) is 3. The Hall–Kier alpha value is -5.55. The molecule has 3 amide bonds. The summed E-state index contributed by atoms with van der Waals surface area (Å²) in [6.45, 7) is 8.61. The van der Waals surface area contributed by atoms with Crippen molar-refractivity contribution in [2.75, 3.05) is 48.5 Å². The van der Waals surface area contributed by atoms with E-state index in [-0.39, 0.29) is 23.7 Å². The van der Waals surface area contributed by atoms with Crippen molar-refractivity contribution in [1.82, 2.24) is 14.9 Å². The maximum Gasteiger partial charge on any atom is 0.256 e. The van der Waals surface area contributed by atoms with Crippen LogP contribution in [0.4, 0.5) is 28.7 Å². The van der Waals surface area contributed by atoms with Crippen LogP contribution in [-0.2, 0) is 4.79 Å². The Morgan fingerprint density at radius 2 is 1.60 bits per heavy atom. The van der Waals surface area contributed by atoms with E-state index >= 15 is 0 Å². The zero-order chi connectivity index (χ0) is 32.3. The summed E-state index contributed by atoms with van der Waals surface area (Å²) in [6.07, 6.45) is 4.97. The molecule has 45 heavy (non-hydrogen) atoms.